The molecule has 2 N–H and O–H groups in total. The van der Waals surface area contributed by atoms with Gasteiger partial charge in [-0.15, -0.1) is 11.8 Å². The number of thioether (sulfide) groups is 1. The van der Waals surface area contributed by atoms with E-state index in [1.54, 1.807) is 18.0 Å². The molecule has 0 aliphatic carbocycles. The lowest BCUT2D eigenvalue weighted by atomic mass is 10.2. The van der Waals surface area contributed by atoms with Gasteiger partial charge in [-0.1, -0.05) is 35.9 Å². The minimum Gasteiger partial charge on any atom is -0.444 e. The Bertz CT molecular complexity index is 723. The molecule has 0 saturated heterocycles. The highest BCUT2D eigenvalue weighted by Gasteiger charge is 2.09. The molecule has 0 saturated carbocycles. The SMILES string of the molecule is Nc1cccc(Cl)c1SCc1coc(-c2ccccc2)n1. The number of halogens is 1. The Morgan fingerprint density at radius 1 is 1.10 bits per heavy atom. The number of oxazole rings is 1. The van der Waals surface area contributed by atoms with E-state index in [0.717, 1.165) is 16.2 Å². The van der Waals surface area contributed by atoms with Gasteiger partial charge in [-0.3, -0.25) is 0 Å². The van der Waals surface area contributed by atoms with Crippen LogP contribution >= 0.6 is 23.4 Å². The Kier molecular flexibility index (Phi) is 4.18. The molecule has 5 heteroatoms. The van der Waals surface area contributed by atoms with E-state index in [4.69, 9.17) is 21.8 Å². The van der Waals surface area contributed by atoms with E-state index in [2.05, 4.69) is 4.98 Å². The van der Waals surface area contributed by atoms with Crippen molar-refractivity contribution in [1.29, 1.82) is 0 Å². The zero-order valence-electron chi connectivity index (χ0n) is 11.1. The molecule has 0 aliphatic heterocycles. The molecule has 3 rings (SSSR count). The van der Waals surface area contributed by atoms with Crippen molar-refractivity contribution in [3.8, 4) is 11.5 Å². The number of nitrogen functional groups attached to an aromatic ring is 1. The van der Waals surface area contributed by atoms with E-state index < -0.39 is 0 Å². The summed E-state index contributed by atoms with van der Waals surface area (Å²) < 4.78 is 5.51. The maximum Gasteiger partial charge on any atom is 0.226 e. The lowest BCUT2D eigenvalue weighted by Crippen LogP contribution is -1.90. The first kappa shape index (κ1) is 14.0. The molecule has 0 unspecified atom stereocenters. The van der Waals surface area contributed by atoms with Crippen LogP contribution in [0.2, 0.25) is 5.02 Å². The van der Waals surface area contributed by atoms with Crippen molar-refractivity contribution < 1.29 is 4.42 Å². The summed E-state index contributed by atoms with van der Waals surface area (Å²) in [6, 6.07) is 15.3. The standard InChI is InChI=1S/C16H13ClN2OS/c17-13-7-4-8-14(18)15(13)21-10-12-9-20-16(19-12)11-5-2-1-3-6-11/h1-9H,10,18H2. The lowest BCUT2D eigenvalue weighted by Gasteiger charge is -2.05. The Labute approximate surface area is 132 Å². The van der Waals surface area contributed by atoms with Gasteiger partial charge in [0.1, 0.15) is 6.26 Å². The molecule has 1 heterocycles. The molecule has 0 fully saturated rings. The molecule has 0 bridgehead atoms. The number of benzene rings is 2. The van der Waals surface area contributed by atoms with Crippen LogP contribution in [0.3, 0.4) is 0 Å². The fourth-order valence-corrected chi connectivity index (χ4v) is 3.12. The van der Waals surface area contributed by atoms with Crippen molar-refractivity contribution in [2.45, 2.75) is 10.6 Å². The second-order valence-electron chi connectivity index (χ2n) is 4.46. The molecule has 21 heavy (non-hydrogen) atoms. The first-order valence-electron chi connectivity index (χ1n) is 6.40. The predicted molar refractivity (Wildman–Crippen MR) is 87.4 cm³/mol. The molecule has 0 amide bonds. The molecular weight excluding hydrogens is 304 g/mol. The monoisotopic (exact) mass is 316 g/mol. The van der Waals surface area contributed by atoms with E-state index in [0.29, 0.717) is 22.4 Å². The van der Waals surface area contributed by atoms with Gasteiger partial charge in [0.05, 0.1) is 10.7 Å². The van der Waals surface area contributed by atoms with Crippen molar-refractivity contribution in [1.82, 2.24) is 4.98 Å². The van der Waals surface area contributed by atoms with E-state index in [-0.39, 0.29) is 0 Å². The third kappa shape index (κ3) is 3.23. The molecule has 106 valence electrons. The Morgan fingerprint density at radius 3 is 2.67 bits per heavy atom. The largest absolute Gasteiger partial charge is 0.444 e. The number of anilines is 1. The highest BCUT2D eigenvalue weighted by atomic mass is 35.5. The van der Waals surface area contributed by atoms with Crippen LogP contribution in [0.1, 0.15) is 5.69 Å². The van der Waals surface area contributed by atoms with Gasteiger partial charge in [0.25, 0.3) is 0 Å². The quantitative estimate of drug-likeness (QED) is 0.551. The average molecular weight is 317 g/mol. The Balaban J connectivity index is 1.74. The van der Waals surface area contributed by atoms with Gasteiger partial charge in [0, 0.05) is 21.9 Å². The minimum atomic E-state index is 0.623. The maximum atomic E-state index is 6.15. The predicted octanol–water partition coefficient (Wildman–Crippen LogP) is 4.87. The topological polar surface area (TPSA) is 52.0 Å². The Hall–Kier alpha value is -1.91. The van der Waals surface area contributed by atoms with Gasteiger partial charge in [-0.2, -0.15) is 0 Å². The second-order valence-corrected chi connectivity index (χ2v) is 5.85. The number of rotatable bonds is 4. The van der Waals surface area contributed by atoms with Crippen LogP contribution in [0.15, 0.2) is 64.1 Å². The van der Waals surface area contributed by atoms with Gasteiger partial charge in [0.15, 0.2) is 0 Å². The first-order chi connectivity index (χ1) is 10.2. The van der Waals surface area contributed by atoms with E-state index in [9.17, 15) is 0 Å². The van der Waals surface area contributed by atoms with Crippen LogP contribution in [0, 0.1) is 0 Å². The van der Waals surface area contributed by atoms with E-state index in [1.165, 1.54) is 0 Å². The highest BCUT2D eigenvalue weighted by molar-refractivity contribution is 7.98. The molecule has 3 aromatic rings. The summed E-state index contributed by atoms with van der Waals surface area (Å²) in [4.78, 5) is 5.36. The minimum absolute atomic E-state index is 0.623. The summed E-state index contributed by atoms with van der Waals surface area (Å²) in [6.07, 6.45) is 1.67. The van der Waals surface area contributed by atoms with Crippen molar-refractivity contribution in [2.24, 2.45) is 0 Å². The van der Waals surface area contributed by atoms with Gasteiger partial charge in [-0.05, 0) is 24.3 Å². The first-order valence-corrected chi connectivity index (χ1v) is 7.77. The van der Waals surface area contributed by atoms with Crippen LogP contribution in [0.25, 0.3) is 11.5 Å². The van der Waals surface area contributed by atoms with E-state index in [1.807, 2.05) is 48.5 Å². The number of hydrogen-bond donors (Lipinski definition) is 1. The average Bonchev–Trinajstić information content (AvgIpc) is 2.97. The van der Waals surface area contributed by atoms with Crippen LogP contribution in [0.4, 0.5) is 5.69 Å². The molecule has 0 atom stereocenters. The van der Waals surface area contributed by atoms with Gasteiger partial charge in [-0.25, -0.2) is 4.98 Å². The summed E-state index contributed by atoms with van der Waals surface area (Å²) in [5.74, 6) is 1.28. The van der Waals surface area contributed by atoms with Crippen molar-refractivity contribution >= 4 is 29.1 Å². The van der Waals surface area contributed by atoms with Crippen LogP contribution in [-0.2, 0) is 5.75 Å². The zero-order valence-corrected chi connectivity index (χ0v) is 12.7. The van der Waals surface area contributed by atoms with E-state index >= 15 is 0 Å². The number of aromatic nitrogens is 1. The maximum absolute atomic E-state index is 6.15. The smallest absolute Gasteiger partial charge is 0.226 e. The van der Waals surface area contributed by atoms with Crippen LogP contribution < -0.4 is 5.73 Å². The number of hydrogen-bond acceptors (Lipinski definition) is 4. The molecule has 0 radical (unpaired) electrons. The van der Waals surface area contributed by atoms with Crippen molar-refractivity contribution in [2.75, 3.05) is 5.73 Å². The van der Waals surface area contributed by atoms with Crippen LogP contribution in [0.5, 0.6) is 0 Å². The summed E-state index contributed by atoms with van der Waals surface area (Å²) in [5, 5.41) is 0.659. The Morgan fingerprint density at radius 2 is 1.90 bits per heavy atom. The third-order valence-electron chi connectivity index (χ3n) is 2.93. The fourth-order valence-electron chi connectivity index (χ4n) is 1.91. The van der Waals surface area contributed by atoms with Gasteiger partial charge in [0.2, 0.25) is 5.89 Å². The number of nitrogens with zero attached hydrogens (tertiary/aromatic N) is 1. The molecule has 2 aromatic carbocycles. The summed E-state index contributed by atoms with van der Waals surface area (Å²) in [6.45, 7) is 0. The summed E-state index contributed by atoms with van der Waals surface area (Å²) >= 11 is 7.71. The van der Waals surface area contributed by atoms with Crippen molar-refractivity contribution in [3.63, 3.8) is 0 Å². The van der Waals surface area contributed by atoms with Crippen LogP contribution in [-0.4, -0.2) is 4.98 Å². The molecule has 0 spiro atoms. The molecule has 1 aromatic heterocycles. The lowest BCUT2D eigenvalue weighted by molar-refractivity contribution is 0.573. The molecular formula is C16H13ClN2OS. The summed E-state index contributed by atoms with van der Waals surface area (Å²) in [7, 11) is 0. The van der Waals surface area contributed by atoms with Crippen molar-refractivity contribution in [3.05, 3.63) is 65.5 Å². The molecule has 0 aliphatic rings. The normalized spacial score (nSPS) is 10.7. The van der Waals surface area contributed by atoms with Gasteiger partial charge < -0.3 is 10.2 Å². The molecule has 3 nitrogen and oxygen atoms in total. The number of nitrogens with two attached hydrogens (primary N) is 1. The fraction of sp³-hybridized carbons (Fsp3) is 0.0625. The highest BCUT2D eigenvalue weighted by Crippen LogP contribution is 2.34. The second kappa shape index (κ2) is 6.24. The van der Waals surface area contributed by atoms with Gasteiger partial charge >= 0.3 is 0 Å². The zero-order chi connectivity index (χ0) is 14.7. The third-order valence-corrected chi connectivity index (χ3v) is 4.55. The summed E-state index contributed by atoms with van der Waals surface area (Å²) in [5.41, 5.74) is 8.44.